The Morgan fingerprint density at radius 3 is 2.55 bits per heavy atom. The van der Waals surface area contributed by atoms with Gasteiger partial charge in [0.15, 0.2) is 0 Å². The summed E-state index contributed by atoms with van der Waals surface area (Å²) in [4.78, 5) is 12.2. The van der Waals surface area contributed by atoms with Gasteiger partial charge in [-0.1, -0.05) is 0 Å². The van der Waals surface area contributed by atoms with E-state index >= 15 is 0 Å². The number of rotatable bonds is 4. The van der Waals surface area contributed by atoms with E-state index in [0.717, 1.165) is 12.8 Å². The van der Waals surface area contributed by atoms with Crippen LogP contribution >= 0.6 is 11.6 Å². The minimum absolute atomic E-state index is 0.292. The highest BCUT2D eigenvalue weighted by atomic mass is 35.5. The third-order valence-electron chi connectivity index (χ3n) is 1.12. The molecule has 1 amide bonds. The Labute approximate surface area is 72.3 Å². The zero-order valence-electron chi connectivity index (χ0n) is 6.97. The average Bonchev–Trinajstić information content (AvgIpc) is 1.97. The third kappa shape index (κ3) is 5.98. The van der Waals surface area contributed by atoms with Crippen LogP contribution in [0.25, 0.3) is 0 Å². The van der Waals surface area contributed by atoms with E-state index in [4.69, 9.17) is 16.3 Å². The van der Waals surface area contributed by atoms with Crippen LogP contribution in [0.15, 0.2) is 0 Å². The fraction of sp³-hybridized carbons (Fsp3) is 0.857. The number of ether oxygens (including phenoxy) is 1. The molecule has 0 unspecified atom stereocenters. The van der Waals surface area contributed by atoms with Crippen molar-refractivity contribution in [2.45, 2.75) is 12.8 Å². The van der Waals surface area contributed by atoms with E-state index in [2.05, 4.69) is 0 Å². The molecular formula is C7H14ClNO2. The van der Waals surface area contributed by atoms with Gasteiger partial charge in [-0.2, -0.15) is 0 Å². The number of halogens is 1. The first-order valence-corrected chi connectivity index (χ1v) is 4.12. The summed E-state index contributed by atoms with van der Waals surface area (Å²) < 4.78 is 4.83. The highest BCUT2D eigenvalue weighted by molar-refractivity contribution is 6.17. The van der Waals surface area contributed by atoms with Gasteiger partial charge in [-0.15, -0.1) is 11.6 Å². The second kappa shape index (κ2) is 6.28. The summed E-state index contributed by atoms with van der Waals surface area (Å²) in [5.74, 6) is 0.625. The monoisotopic (exact) mass is 179 g/mol. The van der Waals surface area contributed by atoms with Crippen LogP contribution in [0.1, 0.15) is 12.8 Å². The lowest BCUT2D eigenvalue weighted by Gasteiger charge is -2.09. The zero-order valence-corrected chi connectivity index (χ0v) is 7.73. The van der Waals surface area contributed by atoms with Crippen molar-refractivity contribution in [2.75, 3.05) is 26.6 Å². The Kier molecular flexibility index (Phi) is 6.03. The number of nitrogens with zero attached hydrogens (tertiary/aromatic N) is 1. The molecular weight excluding hydrogens is 166 g/mol. The van der Waals surface area contributed by atoms with Gasteiger partial charge in [-0.25, -0.2) is 4.79 Å². The van der Waals surface area contributed by atoms with E-state index in [1.165, 1.54) is 4.90 Å². The van der Waals surface area contributed by atoms with Crippen molar-refractivity contribution in [3.63, 3.8) is 0 Å². The Morgan fingerprint density at radius 1 is 1.45 bits per heavy atom. The normalized spacial score (nSPS) is 9.36. The quantitative estimate of drug-likeness (QED) is 0.486. The minimum Gasteiger partial charge on any atom is -0.449 e. The number of carbonyl (C=O) groups is 1. The smallest absolute Gasteiger partial charge is 0.409 e. The molecule has 0 bridgehead atoms. The lowest BCUT2D eigenvalue weighted by atomic mass is 10.4. The van der Waals surface area contributed by atoms with Crippen molar-refractivity contribution in [1.82, 2.24) is 4.90 Å². The van der Waals surface area contributed by atoms with Crippen LogP contribution in [0.5, 0.6) is 0 Å². The molecule has 0 radical (unpaired) electrons. The fourth-order valence-corrected chi connectivity index (χ4v) is 0.674. The fourth-order valence-electron chi connectivity index (χ4n) is 0.485. The predicted molar refractivity (Wildman–Crippen MR) is 45.0 cm³/mol. The van der Waals surface area contributed by atoms with E-state index in [-0.39, 0.29) is 6.09 Å². The average molecular weight is 180 g/mol. The van der Waals surface area contributed by atoms with Gasteiger partial charge in [-0.3, -0.25) is 0 Å². The molecule has 0 aliphatic heterocycles. The molecule has 0 aliphatic rings. The van der Waals surface area contributed by atoms with Gasteiger partial charge in [0.25, 0.3) is 0 Å². The highest BCUT2D eigenvalue weighted by Crippen LogP contribution is 1.94. The Hall–Kier alpha value is -0.440. The second-order valence-electron chi connectivity index (χ2n) is 2.40. The van der Waals surface area contributed by atoms with Crippen LogP contribution in [0.2, 0.25) is 0 Å². The van der Waals surface area contributed by atoms with Gasteiger partial charge < -0.3 is 9.64 Å². The van der Waals surface area contributed by atoms with E-state index in [0.29, 0.717) is 12.5 Å². The second-order valence-corrected chi connectivity index (χ2v) is 2.78. The number of carbonyl (C=O) groups excluding carboxylic acids is 1. The number of hydrogen-bond donors (Lipinski definition) is 0. The topological polar surface area (TPSA) is 29.5 Å². The first-order chi connectivity index (χ1) is 5.18. The molecule has 11 heavy (non-hydrogen) atoms. The number of hydrogen-bond acceptors (Lipinski definition) is 2. The standard InChI is InChI=1S/C7H14ClNO2/c1-9(2)7(10)11-6-4-3-5-8/h3-6H2,1-2H3. The van der Waals surface area contributed by atoms with Gasteiger partial charge in [0, 0.05) is 20.0 Å². The summed E-state index contributed by atoms with van der Waals surface area (Å²) >= 11 is 5.43. The summed E-state index contributed by atoms with van der Waals surface area (Å²) in [5.41, 5.74) is 0. The van der Waals surface area contributed by atoms with Gasteiger partial charge in [0.1, 0.15) is 0 Å². The molecule has 0 N–H and O–H groups in total. The van der Waals surface area contributed by atoms with Crippen molar-refractivity contribution in [2.24, 2.45) is 0 Å². The summed E-state index contributed by atoms with van der Waals surface area (Å²) in [5, 5.41) is 0. The van der Waals surface area contributed by atoms with Crippen LogP contribution in [0, 0.1) is 0 Å². The van der Waals surface area contributed by atoms with E-state index in [1.54, 1.807) is 14.1 Å². The van der Waals surface area contributed by atoms with Crippen LogP contribution in [0.3, 0.4) is 0 Å². The zero-order chi connectivity index (χ0) is 8.69. The maximum absolute atomic E-state index is 10.8. The SMILES string of the molecule is CN(C)C(=O)OCCCCCl. The molecule has 0 aromatic rings. The molecule has 66 valence electrons. The third-order valence-corrected chi connectivity index (χ3v) is 1.39. The number of amides is 1. The summed E-state index contributed by atoms with van der Waals surface area (Å²) in [6, 6.07) is 0. The Balaban J connectivity index is 3.18. The molecule has 0 heterocycles. The molecule has 3 nitrogen and oxygen atoms in total. The summed E-state index contributed by atoms with van der Waals surface area (Å²) in [7, 11) is 3.31. The van der Waals surface area contributed by atoms with E-state index in [1.807, 2.05) is 0 Å². The van der Waals surface area contributed by atoms with Crippen molar-refractivity contribution in [3.8, 4) is 0 Å². The first kappa shape index (κ1) is 10.6. The van der Waals surface area contributed by atoms with E-state index < -0.39 is 0 Å². The number of unbranched alkanes of at least 4 members (excludes halogenated alkanes) is 1. The molecule has 0 saturated carbocycles. The van der Waals surface area contributed by atoms with Gasteiger partial charge in [0.05, 0.1) is 6.61 Å². The molecule has 0 aromatic carbocycles. The minimum atomic E-state index is -0.292. The van der Waals surface area contributed by atoms with Crippen LogP contribution in [-0.4, -0.2) is 37.6 Å². The maximum Gasteiger partial charge on any atom is 0.409 e. The molecule has 0 atom stereocenters. The van der Waals surface area contributed by atoms with Gasteiger partial charge in [0.2, 0.25) is 0 Å². The molecule has 0 spiro atoms. The molecule has 0 fully saturated rings. The van der Waals surface area contributed by atoms with Gasteiger partial charge >= 0.3 is 6.09 Å². The lowest BCUT2D eigenvalue weighted by molar-refractivity contribution is 0.117. The molecule has 0 saturated heterocycles. The maximum atomic E-state index is 10.8. The highest BCUT2D eigenvalue weighted by Gasteiger charge is 2.02. The molecule has 0 rings (SSSR count). The molecule has 0 aromatic heterocycles. The first-order valence-electron chi connectivity index (χ1n) is 3.58. The van der Waals surface area contributed by atoms with Crippen LogP contribution in [-0.2, 0) is 4.74 Å². The Bertz CT molecular complexity index is 117. The Morgan fingerprint density at radius 2 is 2.09 bits per heavy atom. The van der Waals surface area contributed by atoms with Crippen molar-refractivity contribution >= 4 is 17.7 Å². The van der Waals surface area contributed by atoms with Crippen LogP contribution in [0.4, 0.5) is 4.79 Å². The van der Waals surface area contributed by atoms with Crippen molar-refractivity contribution < 1.29 is 9.53 Å². The largest absolute Gasteiger partial charge is 0.449 e. The summed E-state index contributed by atoms with van der Waals surface area (Å²) in [6.07, 6.45) is 1.44. The summed E-state index contributed by atoms with van der Waals surface area (Å²) in [6.45, 7) is 0.462. The molecule has 0 aliphatic carbocycles. The molecule has 4 heteroatoms. The van der Waals surface area contributed by atoms with Crippen molar-refractivity contribution in [3.05, 3.63) is 0 Å². The van der Waals surface area contributed by atoms with E-state index in [9.17, 15) is 4.79 Å². The number of alkyl halides is 1. The van der Waals surface area contributed by atoms with Gasteiger partial charge in [-0.05, 0) is 12.8 Å². The van der Waals surface area contributed by atoms with Crippen LogP contribution < -0.4 is 0 Å². The van der Waals surface area contributed by atoms with Crippen molar-refractivity contribution in [1.29, 1.82) is 0 Å². The predicted octanol–water partition coefficient (Wildman–Crippen LogP) is 1.70. The lowest BCUT2D eigenvalue weighted by Crippen LogP contribution is -2.23.